The lowest BCUT2D eigenvalue weighted by molar-refractivity contribution is 0.0821. The summed E-state index contributed by atoms with van der Waals surface area (Å²) in [4.78, 5) is 0. The minimum absolute atomic E-state index is 0.0988. The molecule has 0 heterocycles. The molecule has 0 aromatic carbocycles. The largest absolute Gasteiger partial charge is 0.434 e. The lowest BCUT2D eigenvalue weighted by Gasteiger charge is -2.38. The third-order valence-corrected chi connectivity index (χ3v) is 3.19. The van der Waals surface area contributed by atoms with Gasteiger partial charge in [-0.3, -0.25) is 0 Å². The van der Waals surface area contributed by atoms with Gasteiger partial charge in [0.05, 0.1) is 5.60 Å². The second-order valence-corrected chi connectivity index (χ2v) is 5.78. The van der Waals surface area contributed by atoms with Crippen LogP contribution < -0.4 is 0 Å². The number of thiol groups is 1. The number of rotatable bonds is 4. The lowest BCUT2D eigenvalue weighted by Crippen LogP contribution is -2.44. The molecule has 0 bridgehead atoms. The predicted molar refractivity (Wildman–Crippen MR) is 57.0 cm³/mol. The van der Waals surface area contributed by atoms with Crippen LogP contribution in [-0.2, 0) is 4.65 Å². The standard InChI is InChI=1S/C9H18BOS/c1-8(2,9(3,4)12)11-10-7-5-6-7/h7,12H,5-6H2,1-4H3. The van der Waals surface area contributed by atoms with Crippen molar-refractivity contribution in [3.63, 3.8) is 0 Å². The molecule has 0 aliphatic heterocycles. The van der Waals surface area contributed by atoms with Crippen molar-refractivity contribution < 1.29 is 4.65 Å². The summed E-state index contributed by atoms with van der Waals surface area (Å²) in [6.45, 7) is 8.32. The molecule has 1 rings (SSSR count). The summed E-state index contributed by atoms with van der Waals surface area (Å²) in [6, 6.07) is 0. The Hall–Kier alpha value is 0.375. The Kier molecular flexibility index (Phi) is 2.84. The summed E-state index contributed by atoms with van der Waals surface area (Å²) >= 11 is 4.51. The van der Waals surface area contributed by atoms with E-state index in [4.69, 9.17) is 4.65 Å². The summed E-state index contributed by atoms with van der Waals surface area (Å²) in [5, 5.41) is 0. The topological polar surface area (TPSA) is 9.23 Å². The molecule has 0 spiro atoms. The average Bonchev–Trinajstić information content (AvgIpc) is 2.62. The van der Waals surface area contributed by atoms with Crippen LogP contribution in [0.25, 0.3) is 0 Å². The zero-order chi connectivity index (χ0) is 9.41. The van der Waals surface area contributed by atoms with Crippen LogP contribution in [0, 0.1) is 0 Å². The molecule has 12 heavy (non-hydrogen) atoms. The van der Waals surface area contributed by atoms with Gasteiger partial charge in [0.1, 0.15) is 0 Å². The third-order valence-electron chi connectivity index (χ3n) is 2.65. The second-order valence-electron chi connectivity index (χ2n) is 4.66. The van der Waals surface area contributed by atoms with E-state index >= 15 is 0 Å². The molecule has 1 nitrogen and oxygen atoms in total. The maximum Gasteiger partial charge on any atom is 0.296 e. The summed E-state index contributed by atoms with van der Waals surface area (Å²) < 4.78 is 5.62. The van der Waals surface area contributed by atoms with Gasteiger partial charge in [-0.05, 0) is 33.5 Å². The van der Waals surface area contributed by atoms with Crippen molar-refractivity contribution in [1.82, 2.24) is 0 Å². The van der Waals surface area contributed by atoms with Gasteiger partial charge >= 0.3 is 0 Å². The molecule has 1 radical (unpaired) electrons. The van der Waals surface area contributed by atoms with E-state index in [9.17, 15) is 0 Å². The first-order valence-electron chi connectivity index (χ1n) is 4.56. The van der Waals surface area contributed by atoms with Crippen LogP contribution in [-0.4, -0.2) is 17.8 Å². The van der Waals surface area contributed by atoms with Crippen LogP contribution >= 0.6 is 12.6 Å². The number of hydrogen-bond acceptors (Lipinski definition) is 2. The van der Waals surface area contributed by atoms with Crippen LogP contribution in [0.4, 0.5) is 0 Å². The highest BCUT2D eigenvalue weighted by atomic mass is 32.1. The Labute approximate surface area is 81.9 Å². The van der Waals surface area contributed by atoms with E-state index in [1.807, 2.05) is 7.48 Å². The second kappa shape index (κ2) is 3.26. The van der Waals surface area contributed by atoms with Crippen LogP contribution in [0.15, 0.2) is 0 Å². The van der Waals surface area contributed by atoms with E-state index in [-0.39, 0.29) is 10.3 Å². The van der Waals surface area contributed by atoms with Gasteiger partial charge in [0.25, 0.3) is 7.48 Å². The van der Waals surface area contributed by atoms with Crippen LogP contribution in [0.5, 0.6) is 0 Å². The molecule has 1 aliphatic carbocycles. The van der Waals surface area contributed by atoms with Gasteiger partial charge in [-0.1, -0.05) is 12.8 Å². The maximum absolute atomic E-state index is 5.72. The summed E-state index contributed by atoms with van der Waals surface area (Å²) in [5.41, 5.74) is -0.182. The monoisotopic (exact) mass is 185 g/mol. The molecule has 0 amide bonds. The van der Waals surface area contributed by atoms with Gasteiger partial charge in [-0.25, -0.2) is 0 Å². The lowest BCUT2D eigenvalue weighted by atomic mass is 9.86. The van der Waals surface area contributed by atoms with E-state index in [0.29, 0.717) is 5.82 Å². The molecule has 0 aromatic rings. The molecular weight excluding hydrogens is 167 g/mol. The Balaban J connectivity index is 2.35. The molecular formula is C9H18BOS. The van der Waals surface area contributed by atoms with Crippen molar-refractivity contribution in [3.05, 3.63) is 0 Å². The Morgan fingerprint density at radius 3 is 2.08 bits per heavy atom. The van der Waals surface area contributed by atoms with E-state index in [1.54, 1.807) is 0 Å². The molecule has 0 N–H and O–H groups in total. The average molecular weight is 185 g/mol. The first kappa shape index (κ1) is 10.5. The first-order valence-corrected chi connectivity index (χ1v) is 5.01. The Morgan fingerprint density at radius 1 is 1.25 bits per heavy atom. The Morgan fingerprint density at radius 2 is 1.75 bits per heavy atom. The quantitative estimate of drug-likeness (QED) is 0.523. The van der Waals surface area contributed by atoms with Crippen molar-refractivity contribution >= 4 is 20.1 Å². The SMILES string of the molecule is CC(C)(S)C(C)(C)O[B]C1CC1. The maximum atomic E-state index is 5.72. The van der Waals surface area contributed by atoms with Gasteiger partial charge in [-0.2, -0.15) is 12.6 Å². The minimum atomic E-state index is -0.182. The van der Waals surface area contributed by atoms with Crippen molar-refractivity contribution in [1.29, 1.82) is 0 Å². The highest BCUT2D eigenvalue weighted by Gasteiger charge is 2.36. The zero-order valence-corrected chi connectivity index (χ0v) is 9.32. The predicted octanol–water partition coefficient (Wildman–Crippen LogP) is 2.69. The highest BCUT2D eigenvalue weighted by Crippen LogP contribution is 2.38. The molecule has 0 saturated heterocycles. The fraction of sp³-hybridized carbons (Fsp3) is 1.00. The van der Waals surface area contributed by atoms with Crippen LogP contribution in [0.2, 0.25) is 5.82 Å². The third kappa shape index (κ3) is 2.70. The highest BCUT2D eigenvalue weighted by molar-refractivity contribution is 7.81. The van der Waals surface area contributed by atoms with Gasteiger partial charge < -0.3 is 4.65 Å². The first-order chi connectivity index (χ1) is 5.33. The van der Waals surface area contributed by atoms with Gasteiger partial charge in [0.2, 0.25) is 0 Å². The van der Waals surface area contributed by atoms with Crippen molar-refractivity contribution in [2.75, 3.05) is 0 Å². The molecule has 69 valence electrons. The van der Waals surface area contributed by atoms with Gasteiger partial charge in [0.15, 0.2) is 0 Å². The van der Waals surface area contributed by atoms with E-state index in [0.717, 1.165) is 0 Å². The fourth-order valence-electron chi connectivity index (χ4n) is 0.643. The smallest absolute Gasteiger partial charge is 0.296 e. The normalized spacial score (nSPS) is 19.4. The summed E-state index contributed by atoms with van der Waals surface area (Å²) in [5.74, 6) is 0.708. The van der Waals surface area contributed by atoms with Crippen LogP contribution in [0.1, 0.15) is 40.5 Å². The van der Waals surface area contributed by atoms with Gasteiger partial charge in [-0.15, -0.1) is 0 Å². The molecule has 0 aromatic heterocycles. The number of hydrogen-bond donors (Lipinski definition) is 1. The molecule has 1 fully saturated rings. The molecule has 0 atom stereocenters. The Bertz CT molecular complexity index is 158. The molecule has 1 saturated carbocycles. The van der Waals surface area contributed by atoms with E-state index < -0.39 is 0 Å². The van der Waals surface area contributed by atoms with Crippen molar-refractivity contribution in [3.8, 4) is 0 Å². The van der Waals surface area contributed by atoms with Crippen molar-refractivity contribution in [2.45, 2.75) is 56.7 Å². The molecule has 0 unspecified atom stereocenters. The summed E-state index contributed by atoms with van der Waals surface area (Å²) in [6.07, 6.45) is 2.59. The van der Waals surface area contributed by atoms with E-state index in [2.05, 4.69) is 40.3 Å². The van der Waals surface area contributed by atoms with Crippen molar-refractivity contribution in [2.24, 2.45) is 0 Å². The van der Waals surface area contributed by atoms with Crippen LogP contribution in [0.3, 0.4) is 0 Å². The van der Waals surface area contributed by atoms with E-state index in [1.165, 1.54) is 12.8 Å². The fourth-order valence-corrected chi connectivity index (χ4v) is 0.696. The zero-order valence-electron chi connectivity index (χ0n) is 8.42. The molecule has 1 aliphatic rings. The van der Waals surface area contributed by atoms with Gasteiger partial charge in [0, 0.05) is 4.75 Å². The molecule has 3 heteroatoms. The minimum Gasteiger partial charge on any atom is -0.434 e. The summed E-state index contributed by atoms with van der Waals surface area (Å²) in [7, 11) is 1.98.